The van der Waals surface area contributed by atoms with Crippen LogP contribution in [0.5, 0.6) is 0 Å². The van der Waals surface area contributed by atoms with Crippen LogP contribution < -0.4 is 10.6 Å². The molecule has 1 aromatic carbocycles. The Balaban J connectivity index is 1.99. The molecule has 2 atom stereocenters. The molecular weight excluding hydrogens is 311 g/mol. The smallest absolute Gasteiger partial charge is 0.251 e. The maximum absolute atomic E-state index is 13.3. The van der Waals surface area contributed by atoms with E-state index in [0.29, 0.717) is 16.0 Å². The molecule has 1 heterocycles. The highest BCUT2D eigenvalue weighted by Crippen LogP contribution is 2.17. The van der Waals surface area contributed by atoms with Crippen molar-refractivity contribution in [2.24, 2.45) is 5.92 Å². The molecule has 19 heavy (non-hydrogen) atoms. The van der Waals surface area contributed by atoms with Crippen LogP contribution in [0.4, 0.5) is 4.39 Å². The van der Waals surface area contributed by atoms with E-state index in [-0.39, 0.29) is 11.9 Å². The Morgan fingerprint density at radius 2 is 2.32 bits per heavy atom. The van der Waals surface area contributed by atoms with E-state index in [0.717, 1.165) is 25.9 Å². The largest absolute Gasteiger partial charge is 0.349 e. The van der Waals surface area contributed by atoms with Crippen LogP contribution in [0.2, 0.25) is 0 Å². The molecule has 0 aliphatic carbocycles. The number of piperidine rings is 1. The molecule has 1 fully saturated rings. The molecule has 1 aliphatic rings. The van der Waals surface area contributed by atoms with Crippen molar-refractivity contribution >= 4 is 21.8 Å². The summed E-state index contributed by atoms with van der Waals surface area (Å²) in [5.41, 5.74) is 0.350. The molecule has 5 heteroatoms. The Labute approximate surface area is 121 Å². The van der Waals surface area contributed by atoms with Gasteiger partial charge in [0.2, 0.25) is 0 Å². The number of amides is 1. The lowest BCUT2D eigenvalue weighted by Crippen LogP contribution is -2.44. The summed E-state index contributed by atoms with van der Waals surface area (Å²) >= 11 is 3.19. The molecule has 0 aromatic heterocycles. The minimum atomic E-state index is -0.411. The van der Waals surface area contributed by atoms with Crippen molar-refractivity contribution in [3.8, 4) is 0 Å². The van der Waals surface area contributed by atoms with Gasteiger partial charge in [-0.15, -0.1) is 0 Å². The third-order valence-corrected chi connectivity index (χ3v) is 3.98. The van der Waals surface area contributed by atoms with Crippen LogP contribution in [-0.2, 0) is 0 Å². The summed E-state index contributed by atoms with van der Waals surface area (Å²) in [6, 6.07) is 4.31. The summed E-state index contributed by atoms with van der Waals surface area (Å²) in [6.45, 7) is 3.98. The van der Waals surface area contributed by atoms with Gasteiger partial charge in [0, 0.05) is 16.1 Å². The van der Waals surface area contributed by atoms with Gasteiger partial charge in [0.1, 0.15) is 5.82 Å². The topological polar surface area (TPSA) is 41.1 Å². The first-order valence-corrected chi connectivity index (χ1v) is 7.33. The molecule has 1 aliphatic heterocycles. The number of hydrogen-bond donors (Lipinski definition) is 2. The van der Waals surface area contributed by atoms with Crippen LogP contribution in [0.1, 0.15) is 30.1 Å². The van der Waals surface area contributed by atoms with E-state index in [1.165, 1.54) is 12.1 Å². The van der Waals surface area contributed by atoms with Gasteiger partial charge < -0.3 is 10.6 Å². The van der Waals surface area contributed by atoms with Gasteiger partial charge in [-0.25, -0.2) is 4.39 Å². The fourth-order valence-electron chi connectivity index (χ4n) is 2.40. The van der Waals surface area contributed by atoms with Crippen molar-refractivity contribution in [3.63, 3.8) is 0 Å². The average Bonchev–Trinajstić information content (AvgIpc) is 2.38. The molecule has 1 aromatic rings. The Morgan fingerprint density at radius 1 is 1.53 bits per heavy atom. The molecule has 1 saturated heterocycles. The molecule has 0 radical (unpaired) electrons. The molecular formula is C14H18BrFN2O. The zero-order valence-electron chi connectivity index (χ0n) is 10.9. The summed E-state index contributed by atoms with van der Waals surface area (Å²) in [6.07, 6.45) is 2.25. The maximum atomic E-state index is 13.3. The van der Waals surface area contributed by atoms with Gasteiger partial charge in [-0.05, 0) is 57.0 Å². The number of carbonyl (C=O) groups is 1. The normalized spacial score (nSPS) is 20.9. The number of halogens is 2. The number of hydrogen-bond acceptors (Lipinski definition) is 2. The second-order valence-corrected chi connectivity index (χ2v) is 5.94. The lowest BCUT2D eigenvalue weighted by Gasteiger charge is -2.29. The van der Waals surface area contributed by atoms with Gasteiger partial charge in [-0.1, -0.05) is 15.9 Å². The number of carbonyl (C=O) groups excluding carboxylic acids is 1. The van der Waals surface area contributed by atoms with Crippen molar-refractivity contribution in [2.45, 2.75) is 25.8 Å². The van der Waals surface area contributed by atoms with E-state index in [1.54, 1.807) is 6.07 Å². The van der Waals surface area contributed by atoms with Crippen molar-refractivity contribution in [2.75, 3.05) is 13.1 Å². The van der Waals surface area contributed by atoms with E-state index in [2.05, 4.69) is 26.6 Å². The minimum Gasteiger partial charge on any atom is -0.349 e. The first-order chi connectivity index (χ1) is 9.06. The standard InChI is InChI=1S/C14H18BrFN2O/c1-9(10-3-2-4-17-8-10)18-14(19)11-5-12(15)7-13(16)6-11/h5-7,9-10,17H,2-4,8H2,1H3,(H,18,19). The molecule has 104 valence electrons. The van der Waals surface area contributed by atoms with Gasteiger partial charge in [-0.3, -0.25) is 4.79 Å². The molecule has 0 spiro atoms. The van der Waals surface area contributed by atoms with Crippen molar-refractivity contribution in [3.05, 3.63) is 34.1 Å². The van der Waals surface area contributed by atoms with Gasteiger partial charge in [0.05, 0.1) is 0 Å². The SMILES string of the molecule is CC(NC(=O)c1cc(F)cc(Br)c1)C1CCCNC1. The summed E-state index contributed by atoms with van der Waals surface area (Å²) in [4.78, 5) is 12.1. The average molecular weight is 329 g/mol. The monoisotopic (exact) mass is 328 g/mol. The zero-order valence-corrected chi connectivity index (χ0v) is 12.5. The van der Waals surface area contributed by atoms with E-state index in [1.807, 2.05) is 6.92 Å². The molecule has 0 bridgehead atoms. The second kappa shape index (κ2) is 6.48. The minimum absolute atomic E-state index is 0.0855. The molecule has 2 rings (SSSR count). The Morgan fingerprint density at radius 3 is 2.95 bits per heavy atom. The third kappa shape index (κ3) is 4.01. The Hall–Kier alpha value is -0.940. The van der Waals surface area contributed by atoms with E-state index < -0.39 is 5.82 Å². The van der Waals surface area contributed by atoms with Gasteiger partial charge in [0.25, 0.3) is 5.91 Å². The highest BCUT2D eigenvalue weighted by atomic mass is 79.9. The lowest BCUT2D eigenvalue weighted by atomic mass is 9.92. The summed E-state index contributed by atoms with van der Waals surface area (Å²) in [5.74, 6) is -0.195. The fraction of sp³-hybridized carbons (Fsp3) is 0.500. The molecule has 2 unspecified atom stereocenters. The quantitative estimate of drug-likeness (QED) is 0.895. The van der Waals surface area contributed by atoms with Gasteiger partial charge in [0.15, 0.2) is 0 Å². The molecule has 3 nitrogen and oxygen atoms in total. The van der Waals surface area contributed by atoms with Gasteiger partial charge >= 0.3 is 0 Å². The Kier molecular flexibility index (Phi) is 4.93. The summed E-state index contributed by atoms with van der Waals surface area (Å²) in [5, 5.41) is 6.28. The van der Waals surface area contributed by atoms with Crippen LogP contribution in [0.15, 0.2) is 22.7 Å². The summed E-state index contributed by atoms with van der Waals surface area (Å²) < 4.78 is 13.8. The van der Waals surface area contributed by atoms with Crippen molar-refractivity contribution < 1.29 is 9.18 Å². The van der Waals surface area contributed by atoms with E-state index >= 15 is 0 Å². The van der Waals surface area contributed by atoms with Crippen LogP contribution in [0, 0.1) is 11.7 Å². The van der Waals surface area contributed by atoms with Crippen molar-refractivity contribution in [1.29, 1.82) is 0 Å². The van der Waals surface area contributed by atoms with E-state index in [4.69, 9.17) is 0 Å². The second-order valence-electron chi connectivity index (χ2n) is 5.03. The predicted molar refractivity (Wildman–Crippen MR) is 76.6 cm³/mol. The fourth-order valence-corrected chi connectivity index (χ4v) is 2.86. The van der Waals surface area contributed by atoms with Crippen LogP contribution >= 0.6 is 15.9 Å². The van der Waals surface area contributed by atoms with Gasteiger partial charge in [-0.2, -0.15) is 0 Å². The Bertz CT molecular complexity index is 441. The highest BCUT2D eigenvalue weighted by molar-refractivity contribution is 9.10. The maximum Gasteiger partial charge on any atom is 0.251 e. The highest BCUT2D eigenvalue weighted by Gasteiger charge is 2.21. The lowest BCUT2D eigenvalue weighted by molar-refractivity contribution is 0.0921. The number of rotatable bonds is 3. The van der Waals surface area contributed by atoms with Crippen LogP contribution in [0.25, 0.3) is 0 Å². The van der Waals surface area contributed by atoms with E-state index in [9.17, 15) is 9.18 Å². The van der Waals surface area contributed by atoms with Crippen LogP contribution in [-0.4, -0.2) is 25.0 Å². The first-order valence-electron chi connectivity index (χ1n) is 6.54. The first kappa shape index (κ1) is 14.5. The number of benzene rings is 1. The zero-order chi connectivity index (χ0) is 13.8. The summed E-state index contributed by atoms with van der Waals surface area (Å²) in [7, 11) is 0. The number of nitrogens with one attached hydrogen (secondary N) is 2. The predicted octanol–water partition coefficient (Wildman–Crippen LogP) is 2.71. The molecule has 1 amide bonds. The van der Waals surface area contributed by atoms with Crippen LogP contribution in [0.3, 0.4) is 0 Å². The third-order valence-electron chi connectivity index (χ3n) is 3.53. The molecule has 2 N–H and O–H groups in total. The van der Waals surface area contributed by atoms with Crippen molar-refractivity contribution in [1.82, 2.24) is 10.6 Å². The molecule has 0 saturated carbocycles.